The zero-order valence-corrected chi connectivity index (χ0v) is 13.9. The molecule has 2 heterocycles. The number of amides is 1. The first kappa shape index (κ1) is 15.9. The molecule has 25 heavy (non-hydrogen) atoms. The number of anilines is 2. The van der Waals surface area contributed by atoms with E-state index in [1.54, 1.807) is 0 Å². The molecule has 0 aliphatic carbocycles. The summed E-state index contributed by atoms with van der Waals surface area (Å²) in [5.41, 5.74) is 1.51. The van der Waals surface area contributed by atoms with Gasteiger partial charge in [-0.05, 0) is 24.3 Å². The Hall–Kier alpha value is -2.63. The van der Waals surface area contributed by atoms with Gasteiger partial charge in [-0.1, -0.05) is 12.1 Å². The normalized spacial score (nSPS) is 18.9. The van der Waals surface area contributed by atoms with Crippen LogP contribution in [0.15, 0.2) is 42.5 Å². The highest BCUT2D eigenvalue weighted by Gasteiger charge is 2.44. The Morgan fingerprint density at radius 3 is 2.48 bits per heavy atom. The second-order valence-corrected chi connectivity index (χ2v) is 6.64. The Morgan fingerprint density at radius 2 is 1.76 bits per heavy atom. The number of para-hydroxylation sites is 1. The summed E-state index contributed by atoms with van der Waals surface area (Å²) in [6, 6.07) is 11.2. The molecule has 1 saturated heterocycles. The molecule has 2 aliphatic rings. The molecule has 4 nitrogen and oxygen atoms in total. The maximum atomic E-state index is 14.0. The molecule has 0 atom stereocenters. The number of fused-ring (bicyclic) bond motifs is 1. The minimum Gasteiger partial charge on any atom is -0.369 e. The smallest absolute Gasteiger partial charge is 0.255 e. The van der Waals surface area contributed by atoms with Crippen LogP contribution >= 0.6 is 0 Å². The van der Waals surface area contributed by atoms with Crippen LogP contribution in [0, 0.1) is 11.6 Å². The van der Waals surface area contributed by atoms with Gasteiger partial charge in [0.1, 0.15) is 17.3 Å². The predicted octanol–water partition coefficient (Wildman–Crippen LogP) is 3.14. The molecule has 0 aromatic heterocycles. The number of carbonyl (C=O) groups excluding carboxylic acids is 1. The van der Waals surface area contributed by atoms with Crippen molar-refractivity contribution >= 4 is 17.3 Å². The van der Waals surface area contributed by atoms with Gasteiger partial charge in [-0.15, -0.1) is 0 Å². The van der Waals surface area contributed by atoms with E-state index >= 15 is 0 Å². The van der Waals surface area contributed by atoms with Crippen LogP contribution in [-0.2, 0) is 0 Å². The zero-order chi connectivity index (χ0) is 17.6. The molecule has 4 rings (SSSR count). The Kier molecular flexibility index (Phi) is 3.63. The fourth-order valence-corrected chi connectivity index (χ4v) is 3.87. The van der Waals surface area contributed by atoms with Gasteiger partial charge in [0, 0.05) is 39.0 Å². The van der Waals surface area contributed by atoms with E-state index in [9.17, 15) is 13.6 Å². The lowest BCUT2D eigenvalue weighted by molar-refractivity contribution is 0.0862. The topological polar surface area (TPSA) is 35.6 Å². The lowest BCUT2D eigenvalue weighted by Crippen LogP contribution is -2.66. The molecule has 130 valence electrons. The van der Waals surface area contributed by atoms with Crippen LogP contribution < -0.4 is 15.1 Å². The SMILES string of the molecule is CN1c2ccccc2C(=O)NC12CCN(c1ccc(F)cc1F)CC2. The van der Waals surface area contributed by atoms with Crippen LogP contribution in [-0.4, -0.2) is 31.7 Å². The molecule has 1 fully saturated rings. The minimum atomic E-state index is -0.578. The molecule has 1 N–H and O–H groups in total. The van der Waals surface area contributed by atoms with Gasteiger partial charge in [0.15, 0.2) is 0 Å². The van der Waals surface area contributed by atoms with Gasteiger partial charge in [-0.25, -0.2) is 8.78 Å². The molecule has 6 heteroatoms. The maximum Gasteiger partial charge on any atom is 0.255 e. The minimum absolute atomic E-state index is 0.0740. The third-order valence-corrected chi connectivity index (χ3v) is 5.34. The first-order chi connectivity index (χ1) is 12.0. The lowest BCUT2D eigenvalue weighted by atomic mass is 9.90. The molecule has 1 amide bonds. The summed E-state index contributed by atoms with van der Waals surface area (Å²) in [5, 5.41) is 3.14. The van der Waals surface area contributed by atoms with Crippen LogP contribution in [0.3, 0.4) is 0 Å². The molecule has 0 saturated carbocycles. The van der Waals surface area contributed by atoms with Crippen molar-refractivity contribution in [1.82, 2.24) is 5.32 Å². The lowest BCUT2D eigenvalue weighted by Gasteiger charge is -2.51. The average Bonchev–Trinajstić information content (AvgIpc) is 2.61. The van der Waals surface area contributed by atoms with Crippen LogP contribution in [0.25, 0.3) is 0 Å². The van der Waals surface area contributed by atoms with E-state index in [0.29, 0.717) is 37.2 Å². The van der Waals surface area contributed by atoms with Gasteiger partial charge < -0.3 is 15.1 Å². The predicted molar refractivity (Wildman–Crippen MR) is 92.8 cm³/mol. The van der Waals surface area contributed by atoms with E-state index in [-0.39, 0.29) is 5.91 Å². The molecule has 0 unspecified atom stereocenters. The highest BCUT2D eigenvalue weighted by atomic mass is 19.1. The van der Waals surface area contributed by atoms with Gasteiger partial charge in [0.05, 0.1) is 16.9 Å². The highest BCUT2D eigenvalue weighted by Crippen LogP contribution is 2.37. The Balaban J connectivity index is 1.58. The molecular formula is C19H19F2N3O. The van der Waals surface area contributed by atoms with Gasteiger partial charge >= 0.3 is 0 Å². The third kappa shape index (κ3) is 2.52. The van der Waals surface area contributed by atoms with E-state index in [1.807, 2.05) is 36.2 Å². The van der Waals surface area contributed by atoms with E-state index < -0.39 is 17.3 Å². The summed E-state index contributed by atoms with van der Waals surface area (Å²) in [5.74, 6) is -1.21. The maximum absolute atomic E-state index is 14.0. The Bertz CT molecular complexity index is 831. The van der Waals surface area contributed by atoms with Crippen LogP contribution in [0.4, 0.5) is 20.2 Å². The van der Waals surface area contributed by atoms with Crippen LogP contribution in [0.2, 0.25) is 0 Å². The summed E-state index contributed by atoms with van der Waals surface area (Å²) in [6.07, 6.45) is 1.31. The number of piperidine rings is 1. The first-order valence-corrected chi connectivity index (χ1v) is 8.36. The second-order valence-electron chi connectivity index (χ2n) is 6.64. The van der Waals surface area contributed by atoms with Crippen molar-refractivity contribution in [3.8, 4) is 0 Å². The summed E-state index contributed by atoms with van der Waals surface area (Å²) in [7, 11) is 1.98. The van der Waals surface area contributed by atoms with E-state index in [4.69, 9.17) is 0 Å². The van der Waals surface area contributed by atoms with E-state index in [2.05, 4.69) is 10.2 Å². The van der Waals surface area contributed by atoms with Crippen molar-refractivity contribution in [2.24, 2.45) is 0 Å². The number of benzene rings is 2. The summed E-state index contributed by atoms with van der Waals surface area (Å²) < 4.78 is 27.2. The molecule has 1 spiro atoms. The van der Waals surface area contributed by atoms with Crippen LogP contribution in [0.1, 0.15) is 23.2 Å². The Labute approximate surface area is 145 Å². The molecule has 2 aromatic carbocycles. The summed E-state index contributed by atoms with van der Waals surface area (Å²) in [4.78, 5) is 16.5. The van der Waals surface area contributed by atoms with Crippen molar-refractivity contribution in [1.29, 1.82) is 0 Å². The molecular weight excluding hydrogens is 324 g/mol. The third-order valence-electron chi connectivity index (χ3n) is 5.34. The van der Waals surface area contributed by atoms with Gasteiger partial charge in [-0.2, -0.15) is 0 Å². The summed E-state index contributed by atoms with van der Waals surface area (Å²) in [6.45, 7) is 1.16. The largest absolute Gasteiger partial charge is 0.369 e. The fraction of sp³-hybridized carbons (Fsp3) is 0.316. The number of rotatable bonds is 1. The zero-order valence-electron chi connectivity index (χ0n) is 13.9. The molecule has 2 aliphatic heterocycles. The van der Waals surface area contributed by atoms with Gasteiger partial charge in [0.25, 0.3) is 5.91 Å². The molecule has 2 aromatic rings. The summed E-state index contributed by atoms with van der Waals surface area (Å²) >= 11 is 0. The number of nitrogens with zero attached hydrogens (tertiary/aromatic N) is 2. The molecule has 0 bridgehead atoms. The number of hydrogen-bond donors (Lipinski definition) is 1. The quantitative estimate of drug-likeness (QED) is 0.864. The number of nitrogens with one attached hydrogen (secondary N) is 1. The van der Waals surface area contributed by atoms with E-state index in [1.165, 1.54) is 12.1 Å². The van der Waals surface area contributed by atoms with Gasteiger partial charge in [0.2, 0.25) is 0 Å². The van der Waals surface area contributed by atoms with Crippen LogP contribution in [0.5, 0.6) is 0 Å². The fourth-order valence-electron chi connectivity index (χ4n) is 3.87. The highest BCUT2D eigenvalue weighted by molar-refractivity contribution is 6.02. The number of halogens is 2. The van der Waals surface area contributed by atoms with Crippen molar-refractivity contribution in [2.45, 2.75) is 18.5 Å². The number of hydrogen-bond acceptors (Lipinski definition) is 3. The standard InChI is InChI=1S/C19H19F2N3O/c1-23-16-5-3-2-4-14(16)18(25)22-19(23)8-10-24(11-9-19)17-7-6-13(20)12-15(17)21/h2-7,12H,8-11H2,1H3,(H,22,25). The Morgan fingerprint density at radius 1 is 1.04 bits per heavy atom. The second kappa shape index (κ2) is 5.72. The van der Waals surface area contributed by atoms with Crippen molar-refractivity contribution < 1.29 is 13.6 Å². The van der Waals surface area contributed by atoms with Crippen molar-refractivity contribution in [2.75, 3.05) is 29.9 Å². The van der Waals surface area contributed by atoms with Gasteiger partial charge in [-0.3, -0.25) is 4.79 Å². The average molecular weight is 343 g/mol. The van der Waals surface area contributed by atoms with Crippen molar-refractivity contribution in [3.63, 3.8) is 0 Å². The van der Waals surface area contributed by atoms with Crippen molar-refractivity contribution in [3.05, 3.63) is 59.7 Å². The first-order valence-electron chi connectivity index (χ1n) is 8.36. The monoisotopic (exact) mass is 343 g/mol. The molecule has 0 radical (unpaired) electrons. The number of carbonyl (C=O) groups is 1. The van der Waals surface area contributed by atoms with E-state index in [0.717, 1.165) is 11.8 Å².